The van der Waals surface area contributed by atoms with Crippen molar-refractivity contribution in [2.45, 2.75) is 0 Å². The van der Waals surface area contributed by atoms with Gasteiger partial charge in [0.25, 0.3) is 0 Å². The molecule has 0 aliphatic carbocycles. The molecule has 2 N–H and O–H groups in total. The number of phenols is 1. The summed E-state index contributed by atoms with van der Waals surface area (Å²) in [7, 11) is 0. The minimum Gasteiger partial charge on any atom is -0.508 e. The number of pyridine rings is 1. The van der Waals surface area contributed by atoms with E-state index in [2.05, 4.69) is 9.97 Å². The highest BCUT2D eigenvalue weighted by Gasteiger charge is 2.12. The van der Waals surface area contributed by atoms with Crippen LogP contribution in [0.5, 0.6) is 5.75 Å². The van der Waals surface area contributed by atoms with Crippen molar-refractivity contribution in [2.24, 2.45) is 0 Å². The zero-order valence-electron chi connectivity index (χ0n) is 9.42. The number of hydrogen-bond acceptors (Lipinski definition) is 3. The van der Waals surface area contributed by atoms with Gasteiger partial charge in [0.2, 0.25) is 0 Å². The Bertz CT molecular complexity index is 714. The summed E-state index contributed by atoms with van der Waals surface area (Å²) in [4.78, 5) is 18.6. The van der Waals surface area contributed by atoms with Crippen molar-refractivity contribution in [3.05, 3.63) is 48.2 Å². The molecule has 88 valence electrons. The first-order valence-electron chi connectivity index (χ1n) is 5.51. The van der Waals surface area contributed by atoms with E-state index in [-0.39, 0.29) is 5.75 Å². The molecule has 2 heterocycles. The number of benzene rings is 1. The van der Waals surface area contributed by atoms with Crippen molar-refractivity contribution in [2.75, 3.05) is 0 Å². The number of carbonyl (C=O) groups is 1. The van der Waals surface area contributed by atoms with Crippen molar-refractivity contribution in [1.82, 2.24) is 9.97 Å². The summed E-state index contributed by atoms with van der Waals surface area (Å²) >= 11 is 0. The predicted molar refractivity (Wildman–Crippen MR) is 68.6 cm³/mol. The van der Waals surface area contributed by atoms with Crippen molar-refractivity contribution in [3.63, 3.8) is 0 Å². The van der Waals surface area contributed by atoms with Gasteiger partial charge in [-0.15, -0.1) is 0 Å². The normalized spacial score (nSPS) is 10.7. The van der Waals surface area contributed by atoms with Gasteiger partial charge < -0.3 is 10.1 Å². The van der Waals surface area contributed by atoms with Crippen molar-refractivity contribution < 1.29 is 9.90 Å². The molecule has 18 heavy (non-hydrogen) atoms. The highest BCUT2D eigenvalue weighted by molar-refractivity contribution is 6.02. The Morgan fingerprint density at radius 1 is 1.17 bits per heavy atom. The minimum atomic E-state index is 0.195. The Hall–Kier alpha value is -2.62. The number of H-pyrrole nitrogens is 1. The van der Waals surface area contributed by atoms with Crippen LogP contribution in [-0.4, -0.2) is 21.4 Å². The van der Waals surface area contributed by atoms with E-state index >= 15 is 0 Å². The summed E-state index contributed by atoms with van der Waals surface area (Å²) in [5, 5.41) is 9.28. The number of carbonyl (C=O) groups excluding carboxylic acids is 1. The van der Waals surface area contributed by atoms with E-state index in [1.54, 1.807) is 30.5 Å². The van der Waals surface area contributed by atoms with Gasteiger partial charge in [-0.1, -0.05) is 0 Å². The van der Waals surface area contributed by atoms with E-state index < -0.39 is 0 Å². The van der Waals surface area contributed by atoms with E-state index in [1.807, 2.05) is 12.1 Å². The SMILES string of the molecule is O=Cc1c(-c2ccc(O)cc2)[nH]c2cccnc12. The predicted octanol–water partition coefficient (Wildman–Crippen LogP) is 2.75. The lowest BCUT2D eigenvalue weighted by molar-refractivity contribution is 0.112. The molecule has 0 aliphatic heterocycles. The summed E-state index contributed by atoms with van der Waals surface area (Å²) in [6.45, 7) is 0. The Kier molecular flexibility index (Phi) is 2.34. The summed E-state index contributed by atoms with van der Waals surface area (Å²) in [5.41, 5.74) is 3.58. The van der Waals surface area contributed by atoms with Gasteiger partial charge in [0, 0.05) is 6.20 Å². The van der Waals surface area contributed by atoms with Crippen LogP contribution in [0.2, 0.25) is 0 Å². The third-order valence-corrected chi connectivity index (χ3v) is 2.87. The zero-order chi connectivity index (χ0) is 12.5. The van der Waals surface area contributed by atoms with Crippen LogP contribution < -0.4 is 0 Å². The number of aromatic amines is 1. The van der Waals surface area contributed by atoms with Crippen LogP contribution in [0.4, 0.5) is 0 Å². The lowest BCUT2D eigenvalue weighted by Crippen LogP contribution is -1.84. The average Bonchev–Trinajstić information content (AvgIpc) is 2.78. The number of aromatic hydroxyl groups is 1. The van der Waals surface area contributed by atoms with Crippen molar-refractivity contribution in [3.8, 4) is 17.0 Å². The highest BCUT2D eigenvalue weighted by Crippen LogP contribution is 2.28. The monoisotopic (exact) mass is 238 g/mol. The molecular formula is C14H10N2O2. The molecule has 0 spiro atoms. The molecule has 2 aromatic heterocycles. The molecule has 0 aliphatic rings. The van der Waals surface area contributed by atoms with Gasteiger partial charge in [-0.2, -0.15) is 0 Å². The molecule has 0 atom stereocenters. The summed E-state index contributed by atoms with van der Waals surface area (Å²) in [6, 6.07) is 10.4. The Labute approximate surface area is 103 Å². The molecule has 3 rings (SSSR count). The van der Waals surface area contributed by atoms with Gasteiger partial charge in [0.05, 0.1) is 22.3 Å². The van der Waals surface area contributed by atoms with E-state index in [0.717, 1.165) is 23.1 Å². The van der Waals surface area contributed by atoms with E-state index in [9.17, 15) is 9.90 Å². The molecule has 4 heteroatoms. The fourth-order valence-corrected chi connectivity index (χ4v) is 2.01. The molecule has 0 saturated carbocycles. The molecule has 0 unspecified atom stereocenters. The molecule has 0 saturated heterocycles. The quantitative estimate of drug-likeness (QED) is 0.674. The number of aldehydes is 1. The third kappa shape index (κ3) is 1.55. The summed E-state index contributed by atoms with van der Waals surface area (Å²) < 4.78 is 0. The number of hydrogen-bond donors (Lipinski definition) is 2. The Morgan fingerprint density at radius 2 is 1.94 bits per heavy atom. The summed E-state index contributed by atoms with van der Waals surface area (Å²) in [6.07, 6.45) is 2.46. The summed E-state index contributed by atoms with van der Waals surface area (Å²) in [5.74, 6) is 0.195. The number of fused-ring (bicyclic) bond motifs is 1. The number of aromatic nitrogens is 2. The third-order valence-electron chi connectivity index (χ3n) is 2.87. The maximum atomic E-state index is 11.2. The maximum Gasteiger partial charge on any atom is 0.154 e. The van der Waals surface area contributed by atoms with Crippen LogP contribution in [0, 0.1) is 0 Å². The second-order valence-electron chi connectivity index (χ2n) is 3.98. The fraction of sp³-hybridized carbons (Fsp3) is 0. The maximum absolute atomic E-state index is 11.2. The standard InChI is InChI=1S/C14H10N2O2/c17-8-11-13(9-3-5-10(18)6-4-9)16-12-2-1-7-15-14(11)12/h1-8,16,18H. The molecular weight excluding hydrogens is 228 g/mol. The first-order chi connectivity index (χ1) is 8.79. The number of phenolic OH excluding ortho intramolecular Hbond substituents is 1. The zero-order valence-corrected chi connectivity index (χ0v) is 9.42. The smallest absolute Gasteiger partial charge is 0.154 e. The van der Waals surface area contributed by atoms with E-state index in [4.69, 9.17) is 0 Å². The number of nitrogens with one attached hydrogen (secondary N) is 1. The van der Waals surface area contributed by atoms with Crippen LogP contribution >= 0.6 is 0 Å². The van der Waals surface area contributed by atoms with Crippen LogP contribution in [-0.2, 0) is 0 Å². The van der Waals surface area contributed by atoms with Gasteiger partial charge in [-0.05, 0) is 42.0 Å². The van der Waals surface area contributed by atoms with Gasteiger partial charge in [-0.25, -0.2) is 0 Å². The molecule has 4 nitrogen and oxygen atoms in total. The Morgan fingerprint density at radius 3 is 2.67 bits per heavy atom. The molecule has 0 amide bonds. The van der Waals surface area contributed by atoms with Crippen LogP contribution in [0.15, 0.2) is 42.6 Å². The number of nitrogens with zero attached hydrogens (tertiary/aromatic N) is 1. The molecule has 1 aromatic carbocycles. The molecule has 0 bridgehead atoms. The lowest BCUT2D eigenvalue weighted by Gasteiger charge is -1.99. The average molecular weight is 238 g/mol. The first-order valence-corrected chi connectivity index (χ1v) is 5.51. The lowest BCUT2D eigenvalue weighted by atomic mass is 10.1. The van der Waals surface area contributed by atoms with Crippen LogP contribution in [0.1, 0.15) is 10.4 Å². The van der Waals surface area contributed by atoms with E-state index in [0.29, 0.717) is 11.1 Å². The molecule has 0 fully saturated rings. The molecule has 3 aromatic rings. The van der Waals surface area contributed by atoms with Crippen LogP contribution in [0.3, 0.4) is 0 Å². The first kappa shape index (κ1) is 10.5. The molecule has 0 radical (unpaired) electrons. The van der Waals surface area contributed by atoms with Crippen molar-refractivity contribution in [1.29, 1.82) is 0 Å². The van der Waals surface area contributed by atoms with Gasteiger partial charge in [0.1, 0.15) is 5.75 Å². The number of rotatable bonds is 2. The largest absolute Gasteiger partial charge is 0.508 e. The second-order valence-corrected chi connectivity index (χ2v) is 3.98. The van der Waals surface area contributed by atoms with Crippen molar-refractivity contribution >= 4 is 17.3 Å². The van der Waals surface area contributed by atoms with Gasteiger partial charge >= 0.3 is 0 Å². The Balaban J connectivity index is 2.28. The fourth-order valence-electron chi connectivity index (χ4n) is 2.01. The van der Waals surface area contributed by atoms with E-state index in [1.165, 1.54) is 0 Å². The van der Waals surface area contributed by atoms with Gasteiger partial charge in [-0.3, -0.25) is 9.78 Å². The highest BCUT2D eigenvalue weighted by atomic mass is 16.3. The topological polar surface area (TPSA) is 66.0 Å². The second kappa shape index (κ2) is 4.00. The minimum absolute atomic E-state index is 0.195. The van der Waals surface area contributed by atoms with Gasteiger partial charge in [0.15, 0.2) is 6.29 Å². The van der Waals surface area contributed by atoms with Crippen LogP contribution in [0.25, 0.3) is 22.3 Å².